The molecule has 0 aromatic heterocycles. The molecule has 1 aromatic carbocycles. The van der Waals surface area contributed by atoms with E-state index in [1.807, 2.05) is 0 Å². The second-order valence-corrected chi connectivity index (χ2v) is 4.79. The highest BCUT2D eigenvalue weighted by atomic mass is 32.2. The van der Waals surface area contributed by atoms with Crippen LogP contribution in [-0.2, 0) is 4.79 Å². The fraction of sp³-hybridized carbons (Fsp3) is 0.364. The number of carbonyl (C=O) groups is 1. The number of halogens is 1. The highest BCUT2D eigenvalue weighted by Crippen LogP contribution is 2.24. The van der Waals surface area contributed by atoms with Crippen molar-refractivity contribution < 1.29 is 19.4 Å². The standard InChI is InChI=1S/C11H14FNO3S/c1-6(14)17-5-10(15)11(16)8-3-2-7(13)4-9(8)12/h2-4,10-11,15-16H,5,13H2,1H3. The molecule has 6 heteroatoms. The molecule has 0 radical (unpaired) electrons. The smallest absolute Gasteiger partial charge is 0.185 e. The van der Waals surface area contributed by atoms with Gasteiger partial charge in [-0.25, -0.2) is 4.39 Å². The zero-order valence-corrected chi connectivity index (χ0v) is 10.1. The van der Waals surface area contributed by atoms with Gasteiger partial charge in [-0.2, -0.15) is 0 Å². The predicted octanol–water partition coefficient (Wildman–Crippen LogP) is 1.08. The normalized spacial score (nSPS) is 14.4. The van der Waals surface area contributed by atoms with Gasteiger partial charge < -0.3 is 15.9 Å². The van der Waals surface area contributed by atoms with Crippen LogP contribution in [0.25, 0.3) is 0 Å². The Morgan fingerprint density at radius 1 is 1.53 bits per heavy atom. The maximum absolute atomic E-state index is 13.4. The second kappa shape index (κ2) is 6.00. The lowest BCUT2D eigenvalue weighted by Gasteiger charge is -2.18. The molecule has 2 unspecified atom stereocenters. The first-order chi connectivity index (χ1) is 7.91. The molecule has 1 rings (SSSR count). The van der Waals surface area contributed by atoms with Crippen molar-refractivity contribution in [3.63, 3.8) is 0 Å². The van der Waals surface area contributed by atoms with E-state index in [0.29, 0.717) is 0 Å². The first-order valence-electron chi connectivity index (χ1n) is 4.96. The van der Waals surface area contributed by atoms with Crippen molar-refractivity contribution in [1.82, 2.24) is 0 Å². The van der Waals surface area contributed by atoms with Gasteiger partial charge in [0.2, 0.25) is 0 Å². The molecule has 0 saturated carbocycles. The topological polar surface area (TPSA) is 83.5 Å². The number of hydrogen-bond donors (Lipinski definition) is 3. The summed E-state index contributed by atoms with van der Waals surface area (Å²) in [6, 6.07) is 3.83. The van der Waals surface area contributed by atoms with E-state index in [9.17, 15) is 19.4 Å². The molecule has 94 valence electrons. The molecule has 0 fully saturated rings. The lowest BCUT2D eigenvalue weighted by atomic mass is 10.0. The molecule has 0 aliphatic heterocycles. The van der Waals surface area contributed by atoms with Crippen LogP contribution >= 0.6 is 11.8 Å². The van der Waals surface area contributed by atoms with Crippen LogP contribution in [0.1, 0.15) is 18.6 Å². The number of hydrogen-bond acceptors (Lipinski definition) is 5. The van der Waals surface area contributed by atoms with Gasteiger partial charge in [0.05, 0.1) is 6.10 Å². The molecule has 0 bridgehead atoms. The van der Waals surface area contributed by atoms with Gasteiger partial charge in [-0.05, 0) is 12.1 Å². The van der Waals surface area contributed by atoms with Gasteiger partial charge in [0, 0.05) is 23.9 Å². The van der Waals surface area contributed by atoms with Crippen molar-refractivity contribution in [2.75, 3.05) is 11.5 Å². The summed E-state index contributed by atoms with van der Waals surface area (Å²) in [5, 5.41) is 19.1. The van der Waals surface area contributed by atoms with Gasteiger partial charge in [-0.1, -0.05) is 17.8 Å². The lowest BCUT2D eigenvalue weighted by Crippen LogP contribution is -2.22. The molecule has 0 saturated heterocycles. The van der Waals surface area contributed by atoms with E-state index >= 15 is 0 Å². The Morgan fingerprint density at radius 3 is 2.71 bits per heavy atom. The molecule has 4 nitrogen and oxygen atoms in total. The second-order valence-electron chi connectivity index (χ2n) is 3.60. The van der Waals surface area contributed by atoms with Crippen LogP contribution in [0.4, 0.5) is 10.1 Å². The lowest BCUT2D eigenvalue weighted by molar-refractivity contribution is -0.109. The number of anilines is 1. The van der Waals surface area contributed by atoms with Gasteiger partial charge in [0.1, 0.15) is 11.9 Å². The number of nitrogen functional groups attached to an aromatic ring is 1. The Morgan fingerprint density at radius 2 is 2.18 bits per heavy atom. The van der Waals surface area contributed by atoms with Gasteiger partial charge in [0.15, 0.2) is 5.12 Å². The van der Waals surface area contributed by atoms with E-state index in [2.05, 4.69) is 0 Å². The number of nitrogens with two attached hydrogens (primary N) is 1. The third kappa shape index (κ3) is 3.99. The third-order valence-electron chi connectivity index (χ3n) is 2.16. The molecule has 2 atom stereocenters. The Bertz CT molecular complexity index is 414. The zero-order valence-electron chi connectivity index (χ0n) is 9.26. The molecular formula is C11H14FNO3S. The molecule has 0 spiro atoms. The van der Waals surface area contributed by atoms with Crippen molar-refractivity contribution >= 4 is 22.6 Å². The first-order valence-corrected chi connectivity index (χ1v) is 5.94. The minimum Gasteiger partial charge on any atom is -0.399 e. The van der Waals surface area contributed by atoms with Crippen LogP contribution in [0.3, 0.4) is 0 Å². The summed E-state index contributed by atoms with van der Waals surface area (Å²) in [6.45, 7) is 1.35. The van der Waals surface area contributed by atoms with E-state index in [-0.39, 0.29) is 22.1 Å². The fourth-order valence-corrected chi connectivity index (χ4v) is 1.87. The predicted molar refractivity (Wildman–Crippen MR) is 64.9 cm³/mol. The molecule has 0 heterocycles. The van der Waals surface area contributed by atoms with E-state index in [4.69, 9.17) is 5.73 Å². The molecule has 0 aliphatic rings. The summed E-state index contributed by atoms with van der Waals surface area (Å²) in [7, 11) is 0. The quantitative estimate of drug-likeness (QED) is 0.705. The van der Waals surface area contributed by atoms with E-state index in [0.717, 1.165) is 17.8 Å². The average Bonchev–Trinajstić information content (AvgIpc) is 2.25. The van der Waals surface area contributed by atoms with Crippen LogP contribution in [0.2, 0.25) is 0 Å². The van der Waals surface area contributed by atoms with Crippen molar-refractivity contribution in [2.45, 2.75) is 19.1 Å². The van der Waals surface area contributed by atoms with Crippen molar-refractivity contribution in [3.05, 3.63) is 29.6 Å². The number of benzene rings is 1. The van der Waals surface area contributed by atoms with Crippen LogP contribution in [0.15, 0.2) is 18.2 Å². The number of carbonyl (C=O) groups excluding carboxylic acids is 1. The zero-order chi connectivity index (χ0) is 13.0. The van der Waals surface area contributed by atoms with E-state index < -0.39 is 18.0 Å². The summed E-state index contributed by atoms with van der Waals surface area (Å²) in [5.41, 5.74) is 5.58. The van der Waals surface area contributed by atoms with E-state index in [1.54, 1.807) is 0 Å². The molecule has 0 aliphatic carbocycles. The van der Waals surface area contributed by atoms with Gasteiger partial charge in [0.25, 0.3) is 0 Å². The van der Waals surface area contributed by atoms with E-state index in [1.165, 1.54) is 19.1 Å². The monoisotopic (exact) mass is 259 g/mol. The number of rotatable bonds is 4. The van der Waals surface area contributed by atoms with Gasteiger partial charge >= 0.3 is 0 Å². The van der Waals surface area contributed by atoms with Crippen LogP contribution in [0, 0.1) is 5.82 Å². The van der Waals surface area contributed by atoms with Crippen LogP contribution in [-0.4, -0.2) is 27.2 Å². The van der Waals surface area contributed by atoms with Crippen molar-refractivity contribution in [1.29, 1.82) is 0 Å². The average molecular weight is 259 g/mol. The largest absolute Gasteiger partial charge is 0.399 e. The summed E-state index contributed by atoms with van der Waals surface area (Å²) in [6.07, 6.45) is -2.58. The van der Waals surface area contributed by atoms with Crippen molar-refractivity contribution in [2.24, 2.45) is 0 Å². The Labute approximate surface area is 103 Å². The number of aliphatic hydroxyl groups is 2. The molecule has 4 N–H and O–H groups in total. The minimum absolute atomic E-state index is 0.0142. The third-order valence-corrected chi connectivity index (χ3v) is 3.08. The maximum atomic E-state index is 13.4. The molecule has 1 aromatic rings. The SMILES string of the molecule is CC(=O)SCC(O)C(O)c1ccc(N)cc1F. The Hall–Kier alpha value is -1.11. The maximum Gasteiger partial charge on any atom is 0.185 e. The van der Waals surface area contributed by atoms with Gasteiger partial charge in [-0.3, -0.25) is 4.79 Å². The highest BCUT2D eigenvalue weighted by molar-refractivity contribution is 8.13. The minimum atomic E-state index is -1.37. The molecule has 17 heavy (non-hydrogen) atoms. The van der Waals surface area contributed by atoms with Crippen LogP contribution < -0.4 is 5.73 Å². The van der Waals surface area contributed by atoms with Crippen LogP contribution in [0.5, 0.6) is 0 Å². The summed E-state index contributed by atoms with van der Waals surface area (Å²) in [4.78, 5) is 10.7. The summed E-state index contributed by atoms with van der Waals surface area (Å²) < 4.78 is 13.4. The number of thioether (sulfide) groups is 1. The molecular weight excluding hydrogens is 245 g/mol. The fourth-order valence-electron chi connectivity index (χ4n) is 1.28. The highest BCUT2D eigenvalue weighted by Gasteiger charge is 2.22. The Kier molecular flexibility index (Phi) is 4.92. The molecule has 0 amide bonds. The summed E-state index contributed by atoms with van der Waals surface area (Å²) >= 11 is 0.875. The first kappa shape index (κ1) is 14.0. The summed E-state index contributed by atoms with van der Waals surface area (Å²) in [5.74, 6) is -0.662. The Balaban J connectivity index is 2.74. The van der Waals surface area contributed by atoms with Gasteiger partial charge in [-0.15, -0.1) is 0 Å². The number of aliphatic hydroxyl groups excluding tert-OH is 2. The van der Waals surface area contributed by atoms with Crippen molar-refractivity contribution in [3.8, 4) is 0 Å².